The second kappa shape index (κ2) is 7.85. The molecule has 8 nitrogen and oxygen atoms in total. The molecule has 0 aliphatic carbocycles. The van der Waals surface area contributed by atoms with Crippen molar-refractivity contribution in [3.8, 4) is 0 Å². The molecule has 3 aromatic rings. The SMILES string of the molecule is O=C(OCc1ccc(C(F)F)cc1)N1CCOC(c2nc3ncncc3[nH]2)C1. The molecule has 1 fully saturated rings. The molecule has 1 atom stereocenters. The third-order valence-electron chi connectivity index (χ3n) is 4.40. The van der Waals surface area contributed by atoms with Gasteiger partial charge in [0.1, 0.15) is 30.4 Å². The van der Waals surface area contributed by atoms with Crippen molar-refractivity contribution in [3.05, 3.63) is 53.7 Å². The second-order valence-corrected chi connectivity index (χ2v) is 6.28. The fourth-order valence-corrected chi connectivity index (χ4v) is 2.91. The van der Waals surface area contributed by atoms with Crippen LogP contribution in [-0.2, 0) is 16.1 Å². The number of amides is 1. The van der Waals surface area contributed by atoms with Crippen LogP contribution in [-0.4, -0.2) is 50.6 Å². The van der Waals surface area contributed by atoms with Gasteiger partial charge in [0.2, 0.25) is 0 Å². The topological polar surface area (TPSA) is 93.2 Å². The number of ether oxygens (including phenoxy) is 2. The molecular weight excluding hydrogens is 372 g/mol. The zero-order valence-corrected chi connectivity index (χ0v) is 14.7. The summed E-state index contributed by atoms with van der Waals surface area (Å²) in [6.07, 6.45) is -0.423. The van der Waals surface area contributed by atoms with Crippen LogP contribution in [0.3, 0.4) is 0 Å². The van der Waals surface area contributed by atoms with E-state index in [2.05, 4.69) is 19.9 Å². The Balaban J connectivity index is 1.36. The van der Waals surface area contributed by atoms with Crippen LogP contribution in [0.1, 0.15) is 29.5 Å². The maximum atomic E-state index is 12.6. The molecule has 1 amide bonds. The highest BCUT2D eigenvalue weighted by molar-refractivity contribution is 5.69. The van der Waals surface area contributed by atoms with E-state index in [0.29, 0.717) is 35.7 Å². The minimum atomic E-state index is -2.52. The molecule has 1 aliphatic rings. The smallest absolute Gasteiger partial charge is 0.410 e. The van der Waals surface area contributed by atoms with Gasteiger partial charge in [-0.3, -0.25) is 0 Å². The first kappa shape index (κ1) is 18.2. The van der Waals surface area contributed by atoms with Crippen molar-refractivity contribution >= 4 is 17.3 Å². The predicted molar refractivity (Wildman–Crippen MR) is 93.5 cm³/mol. The highest BCUT2D eigenvalue weighted by atomic mass is 19.3. The summed E-state index contributed by atoms with van der Waals surface area (Å²) in [5.41, 5.74) is 1.79. The lowest BCUT2D eigenvalue weighted by atomic mass is 10.1. The van der Waals surface area contributed by atoms with E-state index in [4.69, 9.17) is 9.47 Å². The molecule has 0 saturated carbocycles. The molecule has 3 heterocycles. The molecule has 2 aromatic heterocycles. The fourth-order valence-electron chi connectivity index (χ4n) is 2.91. The summed E-state index contributed by atoms with van der Waals surface area (Å²) in [7, 11) is 0. The van der Waals surface area contributed by atoms with Crippen molar-refractivity contribution in [2.45, 2.75) is 19.1 Å². The van der Waals surface area contributed by atoms with Gasteiger partial charge in [-0.2, -0.15) is 0 Å². The van der Waals surface area contributed by atoms with Gasteiger partial charge in [-0.05, 0) is 5.56 Å². The van der Waals surface area contributed by atoms with Crippen LogP contribution in [0.2, 0.25) is 0 Å². The minimum absolute atomic E-state index is 0.00457. The standard InChI is InChI=1S/C18H17F2N5O3/c19-15(20)12-3-1-11(2-4-12)9-28-18(26)25-5-6-27-14(8-25)17-23-13-7-21-10-22-16(13)24-17/h1-4,7,10,14-15H,5-6,8-9H2,(H,21,22,23,24). The molecule has 0 bridgehead atoms. The molecule has 0 radical (unpaired) electrons. The first-order chi connectivity index (χ1) is 13.6. The number of halogens is 2. The molecule has 1 unspecified atom stereocenters. The molecule has 1 aliphatic heterocycles. The zero-order valence-electron chi connectivity index (χ0n) is 14.7. The van der Waals surface area contributed by atoms with Crippen molar-refractivity contribution in [1.29, 1.82) is 0 Å². The summed E-state index contributed by atoms with van der Waals surface area (Å²) in [5, 5.41) is 0. The van der Waals surface area contributed by atoms with Crippen molar-refractivity contribution in [3.63, 3.8) is 0 Å². The summed E-state index contributed by atoms with van der Waals surface area (Å²) in [6.45, 7) is 1.01. The number of benzene rings is 1. The van der Waals surface area contributed by atoms with Gasteiger partial charge in [0.05, 0.1) is 19.3 Å². The number of imidazole rings is 1. The number of morpholine rings is 1. The van der Waals surface area contributed by atoms with E-state index in [1.807, 2.05) is 0 Å². The van der Waals surface area contributed by atoms with E-state index < -0.39 is 18.6 Å². The van der Waals surface area contributed by atoms with E-state index in [0.717, 1.165) is 0 Å². The lowest BCUT2D eigenvalue weighted by Gasteiger charge is -2.31. The number of H-pyrrole nitrogens is 1. The average Bonchev–Trinajstić information content (AvgIpc) is 3.17. The number of hydrogen-bond donors (Lipinski definition) is 1. The van der Waals surface area contributed by atoms with Gasteiger partial charge >= 0.3 is 6.09 Å². The molecule has 4 rings (SSSR count). The summed E-state index contributed by atoms with van der Waals surface area (Å²) < 4.78 is 36.2. The average molecular weight is 389 g/mol. The first-order valence-electron chi connectivity index (χ1n) is 8.66. The van der Waals surface area contributed by atoms with E-state index >= 15 is 0 Å². The number of nitrogens with zero attached hydrogens (tertiary/aromatic N) is 4. The van der Waals surface area contributed by atoms with E-state index in [9.17, 15) is 13.6 Å². The quantitative estimate of drug-likeness (QED) is 0.737. The number of rotatable bonds is 4. The maximum absolute atomic E-state index is 12.6. The number of carbonyl (C=O) groups is 1. The van der Waals surface area contributed by atoms with Crippen LogP contribution < -0.4 is 0 Å². The summed E-state index contributed by atoms with van der Waals surface area (Å²) >= 11 is 0. The van der Waals surface area contributed by atoms with Gasteiger partial charge in [0, 0.05) is 12.1 Å². The first-order valence-corrected chi connectivity index (χ1v) is 8.66. The highest BCUT2D eigenvalue weighted by Crippen LogP contribution is 2.23. The Labute approximate surface area is 158 Å². The number of nitrogens with one attached hydrogen (secondary N) is 1. The molecule has 0 spiro atoms. The Morgan fingerprint density at radius 1 is 1.36 bits per heavy atom. The molecule has 146 valence electrons. The van der Waals surface area contributed by atoms with Gasteiger partial charge in [0.25, 0.3) is 6.43 Å². The lowest BCUT2D eigenvalue weighted by Crippen LogP contribution is -2.42. The van der Waals surface area contributed by atoms with Gasteiger partial charge in [-0.1, -0.05) is 24.3 Å². The summed E-state index contributed by atoms with van der Waals surface area (Å²) in [4.78, 5) is 29.4. The maximum Gasteiger partial charge on any atom is 0.410 e. The van der Waals surface area contributed by atoms with Crippen molar-refractivity contribution < 1.29 is 23.0 Å². The van der Waals surface area contributed by atoms with Crippen molar-refractivity contribution in [2.75, 3.05) is 19.7 Å². The monoisotopic (exact) mass is 389 g/mol. The van der Waals surface area contributed by atoms with Gasteiger partial charge < -0.3 is 19.4 Å². The number of hydrogen-bond acceptors (Lipinski definition) is 6. The molecule has 10 heteroatoms. The van der Waals surface area contributed by atoms with Crippen LogP contribution in [0.4, 0.5) is 13.6 Å². The van der Waals surface area contributed by atoms with Crippen LogP contribution in [0, 0.1) is 0 Å². The van der Waals surface area contributed by atoms with Gasteiger partial charge in [-0.25, -0.2) is 28.5 Å². The number of alkyl halides is 2. The third kappa shape index (κ3) is 3.91. The van der Waals surface area contributed by atoms with Gasteiger partial charge in [-0.15, -0.1) is 0 Å². The van der Waals surface area contributed by atoms with E-state index in [1.165, 1.54) is 35.5 Å². The Hall–Kier alpha value is -3.14. The Morgan fingerprint density at radius 3 is 2.93 bits per heavy atom. The Kier molecular flexibility index (Phi) is 5.11. The van der Waals surface area contributed by atoms with Gasteiger partial charge in [0.15, 0.2) is 5.65 Å². The predicted octanol–water partition coefficient (Wildman–Crippen LogP) is 3.00. The number of carbonyl (C=O) groups excluding carboxylic acids is 1. The third-order valence-corrected chi connectivity index (χ3v) is 4.40. The van der Waals surface area contributed by atoms with Crippen LogP contribution in [0.5, 0.6) is 0 Å². The summed E-state index contributed by atoms with van der Waals surface area (Å²) in [5.74, 6) is 0.565. The second-order valence-electron chi connectivity index (χ2n) is 6.28. The number of aromatic nitrogens is 4. The van der Waals surface area contributed by atoms with Crippen molar-refractivity contribution in [2.24, 2.45) is 0 Å². The lowest BCUT2D eigenvalue weighted by molar-refractivity contribution is -0.0330. The largest absolute Gasteiger partial charge is 0.445 e. The minimum Gasteiger partial charge on any atom is -0.445 e. The zero-order chi connectivity index (χ0) is 19.5. The normalized spacial score (nSPS) is 17.2. The molecule has 1 saturated heterocycles. The number of fused-ring (bicyclic) bond motifs is 1. The fraction of sp³-hybridized carbons (Fsp3) is 0.333. The molecular formula is C18H17F2N5O3. The Morgan fingerprint density at radius 2 is 2.18 bits per heavy atom. The highest BCUT2D eigenvalue weighted by Gasteiger charge is 2.28. The molecule has 1 N–H and O–H groups in total. The van der Waals surface area contributed by atoms with E-state index in [1.54, 1.807) is 6.20 Å². The van der Waals surface area contributed by atoms with Crippen molar-refractivity contribution in [1.82, 2.24) is 24.8 Å². The summed E-state index contributed by atoms with van der Waals surface area (Å²) in [6, 6.07) is 5.69. The van der Waals surface area contributed by atoms with Crippen LogP contribution in [0.15, 0.2) is 36.8 Å². The number of aromatic amines is 1. The Bertz CT molecular complexity index is 930. The van der Waals surface area contributed by atoms with Crippen LogP contribution in [0.25, 0.3) is 11.2 Å². The molecule has 1 aromatic carbocycles. The van der Waals surface area contributed by atoms with E-state index in [-0.39, 0.29) is 18.7 Å². The molecule has 28 heavy (non-hydrogen) atoms. The van der Waals surface area contributed by atoms with Crippen LogP contribution >= 0.6 is 0 Å².